The van der Waals surface area contributed by atoms with E-state index in [1.165, 1.54) is 18.5 Å². The summed E-state index contributed by atoms with van der Waals surface area (Å²) < 4.78 is 76.4. The Balaban J connectivity index is 1.68. The van der Waals surface area contributed by atoms with Crippen LogP contribution in [0.1, 0.15) is 10.0 Å². The van der Waals surface area contributed by atoms with Gasteiger partial charge in [-0.2, -0.15) is 18.2 Å². The van der Waals surface area contributed by atoms with E-state index in [1.807, 2.05) is 19.0 Å². The van der Waals surface area contributed by atoms with Crippen molar-refractivity contribution in [3.63, 3.8) is 0 Å². The van der Waals surface area contributed by atoms with Gasteiger partial charge >= 0.3 is 6.18 Å². The molecule has 0 radical (unpaired) electrons. The minimum absolute atomic E-state index is 0.0465. The van der Waals surface area contributed by atoms with Crippen LogP contribution < -0.4 is 20.3 Å². The molecule has 0 unspecified atom stereocenters. The zero-order valence-electron chi connectivity index (χ0n) is 28.9. The summed E-state index contributed by atoms with van der Waals surface area (Å²) in [5.41, 5.74) is 1.22. The van der Waals surface area contributed by atoms with Gasteiger partial charge in [-0.05, 0) is 32.3 Å². The van der Waals surface area contributed by atoms with Crippen LogP contribution >= 0.6 is 0 Å². The number of anilines is 4. The Kier molecular flexibility index (Phi) is 8.29. The molecule has 5 aromatic rings. The van der Waals surface area contributed by atoms with Crippen molar-refractivity contribution in [1.29, 1.82) is 0 Å². The first-order chi connectivity index (χ1) is 23.5. The molecule has 0 aliphatic rings. The van der Waals surface area contributed by atoms with E-state index in [-0.39, 0.29) is 46.2 Å². The number of pyridine rings is 1. The van der Waals surface area contributed by atoms with Crippen LogP contribution in [-0.2, 0) is 11.8 Å². The first-order valence-electron chi connectivity index (χ1n) is 15.6. The van der Waals surface area contributed by atoms with Gasteiger partial charge in [-0.25, -0.2) is 9.97 Å². The maximum absolute atomic E-state index is 13.4. The van der Waals surface area contributed by atoms with Crippen LogP contribution in [0.5, 0.6) is 5.88 Å². The number of halogens is 3. The number of aromatic nitrogens is 6. The Bertz CT molecular complexity index is 2030. The average molecular weight is 654 g/mol. The molecule has 0 spiro atoms. The summed E-state index contributed by atoms with van der Waals surface area (Å²) in [4.78, 5) is 29.4. The van der Waals surface area contributed by atoms with Crippen molar-refractivity contribution in [2.75, 3.05) is 56.4 Å². The molecule has 13 nitrogen and oxygen atoms in total. The molecular weight excluding hydrogens is 617 g/mol. The van der Waals surface area contributed by atoms with E-state index in [0.717, 1.165) is 10.6 Å². The van der Waals surface area contributed by atoms with Crippen LogP contribution in [0.2, 0.25) is 0 Å². The second kappa shape index (κ2) is 13.5. The molecular formula is C31H33F3N10O3. The summed E-state index contributed by atoms with van der Waals surface area (Å²) >= 11 is 0. The monoisotopic (exact) mass is 653 g/mol. The van der Waals surface area contributed by atoms with Crippen LogP contribution in [0.15, 0.2) is 59.8 Å². The van der Waals surface area contributed by atoms with Gasteiger partial charge in [-0.1, -0.05) is 24.8 Å². The van der Waals surface area contributed by atoms with Gasteiger partial charge in [-0.3, -0.25) is 4.79 Å². The van der Waals surface area contributed by atoms with Crippen molar-refractivity contribution in [2.45, 2.75) is 13.1 Å². The van der Waals surface area contributed by atoms with Crippen LogP contribution in [0.4, 0.5) is 36.3 Å². The van der Waals surface area contributed by atoms with Crippen molar-refractivity contribution in [2.24, 2.45) is 6.98 Å². The number of ether oxygens (including phenoxy) is 1. The molecule has 1 aromatic carbocycles. The summed E-state index contributed by atoms with van der Waals surface area (Å²) in [7, 11) is 5.37. The van der Waals surface area contributed by atoms with Crippen molar-refractivity contribution < 1.29 is 31.2 Å². The van der Waals surface area contributed by atoms with Gasteiger partial charge in [-0.15, -0.1) is 10.2 Å². The number of nitrogens with zero attached hydrogens (tertiary/aromatic N) is 8. The lowest BCUT2D eigenvalue weighted by atomic mass is 10.1. The van der Waals surface area contributed by atoms with E-state index in [0.29, 0.717) is 29.6 Å². The number of nitrogens with one attached hydrogen (secondary N) is 2. The largest absolute Gasteiger partial charge is 0.466 e. The Labute approximate surface area is 272 Å². The van der Waals surface area contributed by atoms with Crippen molar-refractivity contribution >= 4 is 40.0 Å². The number of fused-ring (bicyclic) bond motifs is 1. The quantitative estimate of drug-likeness (QED) is 0.172. The molecule has 16 heteroatoms. The standard InChI is InChI=1S/C31H33F3N10O3/c1-7-25(45)36-22-14-23(29(46-17-31(32,33)34)39-27(22)43(5)13-12-42(3)4)37-30-35-15-20(28-41-40-18(2)47-28)26(38-30)21-16-44(6)24-11-9-8-10-19(21)24/h7-11,14-16H,1,12-13,17H2,2-6H3,(H,36,45)(H,35,37,38)/i6D3. The summed E-state index contributed by atoms with van der Waals surface area (Å²) in [6.07, 6.45) is -0.895. The second-order valence-electron chi connectivity index (χ2n) is 10.7. The van der Waals surface area contributed by atoms with Crippen molar-refractivity contribution in [3.8, 4) is 28.6 Å². The third-order valence-electron chi connectivity index (χ3n) is 6.79. The van der Waals surface area contributed by atoms with Gasteiger partial charge in [0, 0.05) is 67.0 Å². The maximum Gasteiger partial charge on any atom is 0.422 e. The molecule has 4 aromatic heterocycles. The topological polar surface area (TPSA) is 139 Å². The average Bonchev–Trinajstić information content (AvgIpc) is 3.66. The fourth-order valence-corrected chi connectivity index (χ4v) is 4.56. The van der Waals surface area contributed by atoms with Gasteiger partial charge in [0.15, 0.2) is 12.4 Å². The normalized spacial score (nSPS) is 12.8. The number of para-hydroxylation sites is 1. The number of benzene rings is 1. The van der Waals surface area contributed by atoms with Gasteiger partial charge in [0.1, 0.15) is 5.69 Å². The van der Waals surface area contributed by atoms with E-state index in [1.54, 1.807) is 43.1 Å². The van der Waals surface area contributed by atoms with Crippen LogP contribution in [0.25, 0.3) is 33.6 Å². The predicted octanol–water partition coefficient (Wildman–Crippen LogP) is 5.20. The molecule has 5 rings (SSSR count). The second-order valence-corrected chi connectivity index (χ2v) is 10.7. The number of aryl methyl sites for hydroxylation is 2. The molecule has 0 aliphatic heterocycles. The van der Waals surface area contributed by atoms with E-state index in [9.17, 15) is 18.0 Å². The summed E-state index contributed by atoms with van der Waals surface area (Å²) in [5, 5.41) is 14.0. The molecule has 47 heavy (non-hydrogen) atoms. The maximum atomic E-state index is 13.4. The van der Waals surface area contributed by atoms with E-state index in [2.05, 4.69) is 42.4 Å². The van der Waals surface area contributed by atoms with Gasteiger partial charge < -0.3 is 34.2 Å². The Hall–Kier alpha value is -5.51. The molecule has 4 heterocycles. The third-order valence-corrected chi connectivity index (χ3v) is 6.79. The molecule has 0 atom stereocenters. The predicted molar refractivity (Wildman–Crippen MR) is 172 cm³/mol. The van der Waals surface area contributed by atoms with Crippen molar-refractivity contribution in [3.05, 3.63) is 61.3 Å². The lowest BCUT2D eigenvalue weighted by Crippen LogP contribution is -2.30. The van der Waals surface area contributed by atoms with E-state index < -0.39 is 31.5 Å². The number of carbonyl (C=O) groups is 1. The number of hydrogen-bond donors (Lipinski definition) is 2. The lowest BCUT2D eigenvalue weighted by molar-refractivity contribution is -0.153. The summed E-state index contributed by atoms with van der Waals surface area (Å²) in [6.45, 7) is 1.82. The number of rotatable bonds is 12. The molecule has 2 N–H and O–H groups in total. The van der Waals surface area contributed by atoms with Crippen LogP contribution in [0, 0.1) is 6.92 Å². The summed E-state index contributed by atoms with van der Waals surface area (Å²) in [6, 6.07) is 8.15. The molecule has 0 saturated heterocycles. The number of amides is 1. The Morgan fingerprint density at radius 2 is 1.94 bits per heavy atom. The highest BCUT2D eigenvalue weighted by Crippen LogP contribution is 2.38. The van der Waals surface area contributed by atoms with E-state index >= 15 is 0 Å². The zero-order valence-corrected chi connectivity index (χ0v) is 25.9. The fraction of sp³-hybridized carbons (Fsp3) is 0.290. The highest BCUT2D eigenvalue weighted by Gasteiger charge is 2.30. The molecule has 1 amide bonds. The third kappa shape index (κ3) is 7.66. The van der Waals surface area contributed by atoms with Gasteiger partial charge in [0.25, 0.3) is 5.89 Å². The van der Waals surface area contributed by atoms with Gasteiger partial charge in [0.2, 0.25) is 23.6 Å². The summed E-state index contributed by atoms with van der Waals surface area (Å²) in [5.74, 6) is -0.755. The van der Waals surface area contributed by atoms with Crippen LogP contribution in [0.3, 0.4) is 0 Å². The first-order valence-corrected chi connectivity index (χ1v) is 14.1. The lowest BCUT2D eigenvalue weighted by Gasteiger charge is -2.25. The number of carbonyl (C=O) groups excluding carboxylic acids is 1. The number of alkyl halides is 3. The molecule has 0 fully saturated rings. The van der Waals surface area contributed by atoms with Gasteiger partial charge in [0.05, 0.1) is 16.9 Å². The highest BCUT2D eigenvalue weighted by molar-refractivity contribution is 6.01. The minimum atomic E-state index is -4.70. The Morgan fingerprint density at radius 1 is 1.15 bits per heavy atom. The molecule has 0 aliphatic carbocycles. The first kappa shape index (κ1) is 28.9. The Morgan fingerprint density at radius 3 is 2.62 bits per heavy atom. The number of hydrogen-bond acceptors (Lipinski definition) is 11. The van der Waals surface area contributed by atoms with E-state index in [4.69, 9.17) is 13.3 Å². The van der Waals surface area contributed by atoms with Crippen molar-refractivity contribution in [1.82, 2.24) is 34.6 Å². The minimum Gasteiger partial charge on any atom is -0.466 e. The highest BCUT2D eigenvalue weighted by atomic mass is 19.4. The SMILES string of the molecule is [2H]C([2H])([2H])n1cc(-c2nc(Nc3cc(NC(=O)C=C)c(N(C)CCN(C)C)nc3OCC(F)(F)F)ncc2-c2nnc(C)o2)c2ccccc21. The smallest absolute Gasteiger partial charge is 0.422 e. The zero-order chi connectivity index (χ0) is 36.4. The fourth-order valence-electron chi connectivity index (χ4n) is 4.56. The molecule has 246 valence electrons. The molecule has 0 bridgehead atoms. The van der Waals surface area contributed by atoms with Crippen LogP contribution in [-0.4, -0.2) is 87.5 Å². The number of likely N-dealkylation sites (N-methyl/N-ethyl adjacent to an activating group) is 2. The molecule has 0 saturated carbocycles.